The van der Waals surface area contributed by atoms with Gasteiger partial charge in [-0.2, -0.15) is 0 Å². The number of hydrogen-bond acceptors (Lipinski definition) is 4. The van der Waals surface area contributed by atoms with E-state index in [0.717, 1.165) is 13.1 Å². The monoisotopic (exact) mass is 293 g/mol. The number of alkyl halides is 2. The quantitative estimate of drug-likeness (QED) is 0.696. The maximum absolute atomic E-state index is 11.9. The molecule has 1 saturated heterocycles. The number of halogens is 2. The van der Waals surface area contributed by atoms with Gasteiger partial charge in [-0.25, -0.2) is 8.78 Å². The number of carbonyl (C=O) groups excluding carboxylic acids is 1. The third-order valence-electron chi connectivity index (χ3n) is 3.69. The number of ether oxygens (including phenoxy) is 1. The predicted molar refractivity (Wildman–Crippen MR) is 72.7 cm³/mol. The van der Waals surface area contributed by atoms with Gasteiger partial charge in [-0.05, 0) is 13.8 Å². The number of piperazine rings is 1. The number of nitrogens with zero attached hydrogens (tertiary/aromatic N) is 2. The van der Waals surface area contributed by atoms with Gasteiger partial charge in [0.05, 0.1) is 13.0 Å². The van der Waals surface area contributed by atoms with E-state index >= 15 is 0 Å². The van der Waals surface area contributed by atoms with E-state index < -0.39 is 13.0 Å². The second kappa shape index (κ2) is 7.85. The summed E-state index contributed by atoms with van der Waals surface area (Å²) in [7, 11) is 0. The van der Waals surface area contributed by atoms with Crippen LogP contribution in [-0.4, -0.2) is 73.6 Å². The Hall–Kier alpha value is -0.790. The third kappa shape index (κ3) is 5.30. The van der Waals surface area contributed by atoms with Crippen LogP contribution in [0, 0.1) is 0 Å². The Morgan fingerprint density at radius 3 is 2.40 bits per heavy atom. The summed E-state index contributed by atoms with van der Waals surface area (Å²) in [6.45, 7) is 7.06. The summed E-state index contributed by atoms with van der Waals surface area (Å²) in [6.07, 6.45) is -2.32. The van der Waals surface area contributed by atoms with Crippen LogP contribution in [0.1, 0.15) is 20.3 Å². The first-order valence-electron chi connectivity index (χ1n) is 6.95. The molecular weight excluding hydrogens is 268 g/mol. The summed E-state index contributed by atoms with van der Waals surface area (Å²) in [5.74, 6) is -0.0375. The minimum absolute atomic E-state index is 0.0375. The molecule has 0 aromatic rings. The summed E-state index contributed by atoms with van der Waals surface area (Å²) < 4.78 is 28.5. The van der Waals surface area contributed by atoms with Crippen LogP contribution < -0.4 is 5.73 Å². The fourth-order valence-electron chi connectivity index (χ4n) is 2.18. The Labute approximate surface area is 119 Å². The van der Waals surface area contributed by atoms with E-state index in [1.807, 2.05) is 0 Å². The molecule has 2 N–H and O–H groups in total. The SMILES string of the molecule is CC(C)(CN)N1CCN(C(=O)CCOCC(F)F)CC1. The molecule has 0 unspecified atom stereocenters. The molecule has 0 radical (unpaired) electrons. The molecule has 0 aromatic carbocycles. The Bertz CT molecular complexity index is 306. The first-order chi connectivity index (χ1) is 9.36. The Balaban J connectivity index is 2.25. The molecule has 118 valence electrons. The van der Waals surface area contributed by atoms with Crippen LogP contribution >= 0.6 is 0 Å². The zero-order chi connectivity index (χ0) is 15.2. The van der Waals surface area contributed by atoms with Crippen LogP contribution in [0.25, 0.3) is 0 Å². The van der Waals surface area contributed by atoms with E-state index in [9.17, 15) is 13.6 Å². The van der Waals surface area contributed by atoms with E-state index in [4.69, 9.17) is 10.5 Å². The topological polar surface area (TPSA) is 58.8 Å². The van der Waals surface area contributed by atoms with Gasteiger partial charge in [0.2, 0.25) is 5.91 Å². The molecule has 0 bridgehead atoms. The number of carbonyl (C=O) groups is 1. The first kappa shape index (κ1) is 17.3. The number of rotatable bonds is 7. The van der Waals surface area contributed by atoms with Crippen molar-refractivity contribution in [3.8, 4) is 0 Å². The highest BCUT2D eigenvalue weighted by molar-refractivity contribution is 5.76. The molecule has 20 heavy (non-hydrogen) atoms. The van der Waals surface area contributed by atoms with Crippen LogP contribution in [0.15, 0.2) is 0 Å². The van der Waals surface area contributed by atoms with Gasteiger partial charge in [-0.3, -0.25) is 9.69 Å². The molecule has 5 nitrogen and oxygen atoms in total. The molecule has 0 atom stereocenters. The molecular formula is C13H25F2N3O2. The largest absolute Gasteiger partial charge is 0.375 e. The van der Waals surface area contributed by atoms with Gasteiger partial charge in [-0.15, -0.1) is 0 Å². The average Bonchev–Trinajstić information content (AvgIpc) is 2.43. The van der Waals surface area contributed by atoms with Crippen molar-refractivity contribution in [1.29, 1.82) is 0 Å². The van der Waals surface area contributed by atoms with Crippen molar-refractivity contribution in [3.05, 3.63) is 0 Å². The summed E-state index contributed by atoms with van der Waals surface area (Å²) >= 11 is 0. The normalized spacial score (nSPS) is 17.8. The lowest BCUT2D eigenvalue weighted by molar-refractivity contribution is -0.135. The maximum atomic E-state index is 11.9. The van der Waals surface area contributed by atoms with Gasteiger partial charge >= 0.3 is 0 Å². The van der Waals surface area contributed by atoms with Crippen molar-refractivity contribution in [2.24, 2.45) is 5.73 Å². The van der Waals surface area contributed by atoms with Crippen LogP contribution in [-0.2, 0) is 9.53 Å². The predicted octanol–water partition coefficient (Wildman–Crippen LogP) is 0.540. The zero-order valence-corrected chi connectivity index (χ0v) is 12.3. The van der Waals surface area contributed by atoms with Gasteiger partial charge < -0.3 is 15.4 Å². The average molecular weight is 293 g/mol. The van der Waals surface area contributed by atoms with E-state index in [1.54, 1.807) is 4.90 Å². The lowest BCUT2D eigenvalue weighted by Crippen LogP contribution is -2.58. The van der Waals surface area contributed by atoms with E-state index in [1.165, 1.54) is 0 Å². The highest BCUT2D eigenvalue weighted by Gasteiger charge is 2.29. The van der Waals surface area contributed by atoms with Gasteiger partial charge in [0, 0.05) is 38.3 Å². The standard InChI is InChI=1S/C13H25F2N3O2/c1-13(2,10-16)18-6-4-17(5-7-18)12(19)3-8-20-9-11(14)15/h11H,3-10,16H2,1-2H3. The van der Waals surface area contributed by atoms with Gasteiger partial charge in [0.25, 0.3) is 6.43 Å². The first-order valence-corrected chi connectivity index (χ1v) is 6.95. The summed E-state index contributed by atoms with van der Waals surface area (Å²) in [6, 6.07) is 0. The molecule has 0 aromatic heterocycles. The second-order valence-electron chi connectivity index (χ2n) is 5.60. The van der Waals surface area contributed by atoms with Crippen LogP contribution in [0.5, 0.6) is 0 Å². The van der Waals surface area contributed by atoms with Crippen molar-refractivity contribution in [2.45, 2.75) is 32.2 Å². The van der Waals surface area contributed by atoms with E-state index in [-0.39, 0.29) is 24.5 Å². The van der Waals surface area contributed by atoms with Crippen LogP contribution in [0.4, 0.5) is 8.78 Å². The van der Waals surface area contributed by atoms with Crippen LogP contribution in [0.3, 0.4) is 0 Å². The molecule has 1 amide bonds. The molecule has 7 heteroatoms. The fraction of sp³-hybridized carbons (Fsp3) is 0.923. The smallest absolute Gasteiger partial charge is 0.261 e. The highest BCUT2D eigenvalue weighted by atomic mass is 19.3. The van der Waals surface area contributed by atoms with Crippen LogP contribution in [0.2, 0.25) is 0 Å². The van der Waals surface area contributed by atoms with Gasteiger partial charge in [-0.1, -0.05) is 0 Å². The van der Waals surface area contributed by atoms with Gasteiger partial charge in [0.1, 0.15) is 6.61 Å². The lowest BCUT2D eigenvalue weighted by atomic mass is 10.0. The molecule has 0 spiro atoms. The zero-order valence-electron chi connectivity index (χ0n) is 12.3. The Morgan fingerprint density at radius 2 is 1.90 bits per heavy atom. The maximum Gasteiger partial charge on any atom is 0.261 e. The number of nitrogens with two attached hydrogens (primary N) is 1. The molecule has 0 saturated carbocycles. The van der Waals surface area contributed by atoms with Crippen molar-refractivity contribution in [3.63, 3.8) is 0 Å². The Kier molecular flexibility index (Phi) is 6.78. The number of amides is 1. The summed E-state index contributed by atoms with van der Waals surface area (Å²) in [5.41, 5.74) is 5.68. The molecule has 1 fully saturated rings. The fourth-order valence-corrected chi connectivity index (χ4v) is 2.18. The lowest BCUT2D eigenvalue weighted by Gasteiger charge is -2.43. The molecule has 0 aliphatic carbocycles. The van der Waals surface area contributed by atoms with Crippen molar-refractivity contribution in [1.82, 2.24) is 9.80 Å². The Morgan fingerprint density at radius 1 is 1.30 bits per heavy atom. The molecule has 1 aliphatic rings. The minimum atomic E-state index is -2.48. The highest BCUT2D eigenvalue weighted by Crippen LogP contribution is 2.15. The van der Waals surface area contributed by atoms with Crippen molar-refractivity contribution >= 4 is 5.91 Å². The second-order valence-corrected chi connectivity index (χ2v) is 5.60. The third-order valence-corrected chi connectivity index (χ3v) is 3.69. The summed E-state index contributed by atoms with van der Waals surface area (Å²) in [4.78, 5) is 15.9. The van der Waals surface area contributed by atoms with Crippen molar-refractivity contribution < 1.29 is 18.3 Å². The molecule has 1 heterocycles. The number of hydrogen-bond donors (Lipinski definition) is 1. The summed E-state index contributed by atoms with van der Waals surface area (Å²) in [5, 5.41) is 0. The van der Waals surface area contributed by atoms with Crippen molar-refractivity contribution in [2.75, 3.05) is 45.9 Å². The minimum Gasteiger partial charge on any atom is -0.375 e. The van der Waals surface area contributed by atoms with E-state index in [2.05, 4.69) is 18.7 Å². The van der Waals surface area contributed by atoms with Gasteiger partial charge in [0.15, 0.2) is 0 Å². The van der Waals surface area contributed by atoms with E-state index in [0.29, 0.717) is 19.6 Å². The molecule has 1 rings (SSSR count). The molecule has 1 aliphatic heterocycles.